The summed E-state index contributed by atoms with van der Waals surface area (Å²) < 4.78 is 0. The maximum absolute atomic E-state index is 12.0. The molecule has 6 nitrogen and oxygen atoms in total. The molecule has 0 aliphatic rings. The van der Waals surface area contributed by atoms with Crippen LogP contribution in [0.3, 0.4) is 0 Å². The molecule has 2 aromatic carbocycles. The van der Waals surface area contributed by atoms with Crippen molar-refractivity contribution in [3.8, 4) is 11.1 Å². The standard InChI is InChI=1S/C18H21N3O3/c1-2-12-3-5-13(6-4-12)14-7-9-15(10-8-14)17(22)20-11-16(19)18(23)21-24/h3-10,16,24H,2,11,19H2,1H3,(H,20,22)(H,21,23)/t16-/m0/s1. The first-order valence-corrected chi connectivity index (χ1v) is 7.72. The molecule has 1 atom stereocenters. The summed E-state index contributed by atoms with van der Waals surface area (Å²) in [7, 11) is 0. The summed E-state index contributed by atoms with van der Waals surface area (Å²) >= 11 is 0. The van der Waals surface area contributed by atoms with Gasteiger partial charge in [-0.2, -0.15) is 0 Å². The molecule has 2 amide bonds. The van der Waals surface area contributed by atoms with Crippen LogP contribution in [0.4, 0.5) is 0 Å². The maximum Gasteiger partial charge on any atom is 0.262 e. The van der Waals surface area contributed by atoms with Crippen LogP contribution in [0.2, 0.25) is 0 Å². The third kappa shape index (κ3) is 4.41. The van der Waals surface area contributed by atoms with E-state index in [-0.39, 0.29) is 12.5 Å². The van der Waals surface area contributed by atoms with Crippen LogP contribution >= 0.6 is 0 Å². The lowest BCUT2D eigenvalue weighted by molar-refractivity contribution is -0.130. The number of hydroxylamine groups is 1. The SMILES string of the molecule is CCc1ccc(-c2ccc(C(=O)NC[C@H](N)C(=O)NO)cc2)cc1. The number of rotatable bonds is 6. The third-order valence-corrected chi connectivity index (χ3v) is 3.77. The molecule has 0 radical (unpaired) electrons. The van der Waals surface area contributed by atoms with Gasteiger partial charge in [0.25, 0.3) is 11.8 Å². The normalized spacial score (nSPS) is 11.6. The van der Waals surface area contributed by atoms with Crippen molar-refractivity contribution in [2.24, 2.45) is 5.73 Å². The van der Waals surface area contributed by atoms with Gasteiger partial charge < -0.3 is 11.1 Å². The summed E-state index contributed by atoms with van der Waals surface area (Å²) in [6.45, 7) is 2.05. The van der Waals surface area contributed by atoms with Gasteiger partial charge in [0.2, 0.25) is 0 Å². The van der Waals surface area contributed by atoms with Gasteiger partial charge in [0, 0.05) is 12.1 Å². The Morgan fingerprint density at radius 3 is 2.08 bits per heavy atom. The molecule has 0 heterocycles. The predicted octanol–water partition coefficient (Wildman–Crippen LogP) is 1.48. The average molecular weight is 327 g/mol. The van der Waals surface area contributed by atoms with Crippen LogP contribution in [0.25, 0.3) is 11.1 Å². The second kappa shape index (κ2) is 8.24. The van der Waals surface area contributed by atoms with Crippen molar-refractivity contribution in [1.82, 2.24) is 10.8 Å². The smallest absolute Gasteiger partial charge is 0.262 e. The Hall–Kier alpha value is -2.70. The van der Waals surface area contributed by atoms with Crippen molar-refractivity contribution < 1.29 is 14.8 Å². The van der Waals surface area contributed by atoms with Crippen LogP contribution in [-0.2, 0) is 11.2 Å². The molecule has 5 N–H and O–H groups in total. The van der Waals surface area contributed by atoms with Crippen LogP contribution in [0.1, 0.15) is 22.8 Å². The molecular weight excluding hydrogens is 306 g/mol. The molecule has 0 fully saturated rings. The Bertz CT molecular complexity index is 696. The lowest BCUT2D eigenvalue weighted by Gasteiger charge is -2.11. The number of nitrogens with one attached hydrogen (secondary N) is 2. The number of carbonyl (C=O) groups is 2. The van der Waals surface area contributed by atoms with Gasteiger partial charge in [0.1, 0.15) is 6.04 Å². The second-order valence-electron chi connectivity index (χ2n) is 5.42. The second-order valence-corrected chi connectivity index (χ2v) is 5.42. The molecule has 0 saturated carbocycles. The highest BCUT2D eigenvalue weighted by Crippen LogP contribution is 2.20. The van der Waals surface area contributed by atoms with Crippen molar-refractivity contribution in [1.29, 1.82) is 0 Å². The fourth-order valence-electron chi connectivity index (χ4n) is 2.23. The van der Waals surface area contributed by atoms with E-state index in [2.05, 4.69) is 36.5 Å². The Kier molecular flexibility index (Phi) is 6.06. The lowest BCUT2D eigenvalue weighted by atomic mass is 10.0. The van der Waals surface area contributed by atoms with Crippen LogP contribution in [0.15, 0.2) is 48.5 Å². The van der Waals surface area contributed by atoms with E-state index < -0.39 is 11.9 Å². The van der Waals surface area contributed by atoms with E-state index in [9.17, 15) is 9.59 Å². The first kappa shape index (κ1) is 17.7. The minimum absolute atomic E-state index is 0.0640. The first-order chi connectivity index (χ1) is 11.5. The Labute approximate surface area is 140 Å². The van der Waals surface area contributed by atoms with Crippen molar-refractivity contribution in [3.05, 3.63) is 59.7 Å². The van der Waals surface area contributed by atoms with Gasteiger partial charge in [-0.15, -0.1) is 0 Å². The van der Waals surface area contributed by atoms with E-state index >= 15 is 0 Å². The molecule has 0 aliphatic heterocycles. The lowest BCUT2D eigenvalue weighted by Crippen LogP contribution is -2.47. The van der Waals surface area contributed by atoms with E-state index in [0.717, 1.165) is 17.5 Å². The summed E-state index contributed by atoms with van der Waals surface area (Å²) in [5, 5.41) is 11.0. The van der Waals surface area contributed by atoms with E-state index in [1.54, 1.807) is 12.1 Å². The monoisotopic (exact) mass is 327 g/mol. The fraction of sp³-hybridized carbons (Fsp3) is 0.222. The largest absolute Gasteiger partial charge is 0.350 e. The van der Waals surface area contributed by atoms with Crippen LogP contribution in [-0.4, -0.2) is 29.6 Å². The summed E-state index contributed by atoms with van der Waals surface area (Å²) in [5.41, 5.74) is 10.8. The quantitative estimate of drug-likeness (QED) is 0.476. The number of benzene rings is 2. The first-order valence-electron chi connectivity index (χ1n) is 7.72. The van der Waals surface area contributed by atoms with Gasteiger partial charge in [0.05, 0.1) is 0 Å². The third-order valence-electron chi connectivity index (χ3n) is 3.77. The van der Waals surface area contributed by atoms with Gasteiger partial charge in [0.15, 0.2) is 0 Å². The molecule has 2 rings (SSSR count). The number of hydrogen-bond acceptors (Lipinski definition) is 4. The van der Waals surface area contributed by atoms with Crippen molar-refractivity contribution in [2.45, 2.75) is 19.4 Å². The van der Waals surface area contributed by atoms with Crippen molar-refractivity contribution >= 4 is 11.8 Å². The summed E-state index contributed by atoms with van der Waals surface area (Å²) in [4.78, 5) is 23.1. The molecule has 2 aromatic rings. The van der Waals surface area contributed by atoms with Gasteiger partial charge in [-0.05, 0) is 35.2 Å². The Morgan fingerprint density at radius 2 is 1.58 bits per heavy atom. The molecule has 0 unspecified atom stereocenters. The zero-order chi connectivity index (χ0) is 17.5. The van der Waals surface area contributed by atoms with E-state index in [1.807, 2.05) is 12.1 Å². The van der Waals surface area contributed by atoms with Crippen molar-refractivity contribution in [2.75, 3.05) is 6.54 Å². The number of hydrogen-bond donors (Lipinski definition) is 4. The highest BCUT2D eigenvalue weighted by molar-refractivity contribution is 5.95. The molecule has 6 heteroatoms. The molecule has 24 heavy (non-hydrogen) atoms. The van der Waals surface area contributed by atoms with Crippen molar-refractivity contribution in [3.63, 3.8) is 0 Å². The molecule has 0 spiro atoms. The summed E-state index contributed by atoms with van der Waals surface area (Å²) in [5.74, 6) is -1.08. The maximum atomic E-state index is 12.0. The fourth-order valence-corrected chi connectivity index (χ4v) is 2.23. The number of nitrogens with two attached hydrogens (primary N) is 1. The molecule has 126 valence electrons. The topological polar surface area (TPSA) is 104 Å². The van der Waals surface area contributed by atoms with E-state index in [0.29, 0.717) is 5.56 Å². The van der Waals surface area contributed by atoms with E-state index in [4.69, 9.17) is 10.9 Å². The predicted molar refractivity (Wildman–Crippen MR) is 91.5 cm³/mol. The van der Waals surface area contributed by atoms with E-state index in [1.165, 1.54) is 11.0 Å². The number of aryl methyl sites for hydroxylation is 1. The molecular formula is C18H21N3O3. The highest BCUT2D eigenvalue weighted by Gasteiger charge is 2.14. The number of carbonyl (C=O) groups excluding carboxylic acids is 2. The van der Waals surface area contributed by atoms with Gasteiger partial charge >= 0.3 is 0 Å². The van der Waals surface area contributed by atoms with Crippen LogP contribution in [0.5, 0.6) is 0 Å². The Balaban J connectivity index is 2.00. The molecule has 0 saturated heterocycles. The zero-order valence-electron chi connectivity index (χ0n) is 13.5. The average Bonchev–Trinajstić information content (AvgIpc) is 2.65. The number of amides is 2. The van der Waals surface area contributed by atoms with Gasteiger partial charge in [-0.25, -0.2) is 5.48 Å². The summed E-state index contributed by atoms with van der Waals surface area (Å²) in [6, 6.07) is 14.5. The summed E-state index contributed by atoms with van der Waals surface area (Å²) in [6.07, 6.45) is 0.996. The van der Waals surface area contributed by atoms with Gasteiger partial charge in [-0.3, -0.25) is 14.8 Å². The molecule has 0 aliphatic carbocycles. The van der Waals surface area contributed by atoms with Gasteiger partial charge in [-0.1, -0.05) is 43.3 Å². The minimum Gasteiger partial charge on any atom is -0.350 e. The molecule has 0 bridgehead atoms. The Morgan fingerprint density at radius 1 is 1.04 bits per heavy atom. The minimum atomic E-state index is -1.00. The van der Waals surface area contributed by atoms with Crippen LogP contribution in [0, 0.1) is 0 Å². The van der Waals surface area contributed by atoms with Crippen LogP contribution < -0.4 is 16.5 Å². The molecule has 0 aromatic heterocycles. The highest BCUT2D eigenvalue weighted by atomic mass is 16.5. The zero-order valence-corrected chi connectivity index (χ0v) is 13.5.